The quantitative estimate of drug-likeness (QED) is 0.882. The van der Waals surface area contributed by atoms with Crippen LogP contribution in [-0.4, -0.2) is 11.2 Å². The van der Waals surface area contributed by atoms with E-state index in [1.165, 1.54) is 0 Å². The van der Waals surface area contributed by atoms with Crippen LogP contribution >= 0.6 is 0 Å². The van der Waals surface area contributed by atoms with Gasteiger partial charge in [-0.05, 0) is 43.6 Å². The highest BCUT2D eigenvalue weighted by Crippen LogP contribution is 2.47. The molecule has 1 saturated carbocycles. The number of alkyl halides is 3. The van der Waals surface area contributed by atoms with Crippen LogP contribution in [0.1, 0.15) is 47.7 Å². The average Bonchev–Trinajstić information content (AvgIpc) is 2.94. The van der Waals surface area contributed by atoms with E-state index in [2.05, 4.69) is 4.98 Å². The fraction of sp³-hybridized carbons (Fsp3) is 0.615. The molecule has 1 aromatic heterocycles. The Morgan fingerprint density at radius 1 is 1.22 bits per heavy atom. The number of halogens is 3. The molecule has 0 aromatic carbocycles. The van der Waals surface area contributed by atoms with Crippen LogP contribution in [0.4, 0.5) is 18.9 Å². The molecule has 0 spiro atoms. The van der Waals surface area contributed by atoms with Crippen LogP contribution in [0.15, 0.2) is 0 Å². The number of nitrogen functional groups attached to an aromatic ring is 1. The second-order valence-corrected chi connectivity index (χ2v) is 5.23. The van der Waals surface area contributed by atoms with Crippen LogP contribution < -0.4 is 5.73 Å². The van der Waals surface area contributed by atoms with Crippen molar-refractivity contribution in [2.24, 2.45) is 0 Å². The molecular weight excluding hydrogens is 241 g/mol. The third-order valence-corrected chi connectivity index (χ3v) is 3.74. The van der Waals surface area contributed by atoms with E-state index < -0.39 is 12.6 Å². The number of fused-ring (bicyclic) bond motifs is 1. The predicted molar refractivity (Wildman–Crippen MR) is 62.4 cm³/mol. The lowest BCUT2D eigenvalue weighted by Crippen LogP contribution is -2.17. The summed E-state index contributed by atoms with van der Waals surface area (Å²) in [5, 5.41) is 0. The molecule has 2 aliphatic carbocycles. The molecule has 0 saturated heterocycles. The Hall–Kier alpha value is -1.26. The molecule has 2 N–H and O–H groups in total. The topological polar surface area (TPSA) is 38.9 Å². The summed E-state index contributed by atoms with van der Waals surface area (Å²) in [5.74, 6) is 0.209. The number of hydrogen-bond donors (Lipinski definition) is 1. The van der Waals surface area contributed by atoms with Gasteiger partial charge in [-0.25, -0.2) is 0 Å². The van der Waals surface area contributed by atoms with Crippen molar-refractivity contribution in [3.63, 3.8) is 0 Å². The molecule has 1 heterocycles. The van der Waals surface area contributed by atoms with Gasteiger partial charge in [0.05, 0.1) is 12.1 Å². The fourth-order valence-corrected chi connectivity index (χ4v) is 2.83. The molecule has 0 amide bonds. The molecule has 98 valence electrons. The van der Waals surface area contributed by atoms with E-state index in [4.69, 9.17) is 5.73 Å². The standard InChI is InChI=1S/C13H15F3N2/c14-13(15,16)6-10-11(7-4-5-7)12(17)8-2-1-3-9(8)18-10/h7H,1-6H2,(H2,17,18). The van der Waals surface area contributed by atoms with E-state index in [1.807, 2.05) is 0 Å². The third-order valence-electron chi connectivity index (χ3n) is 3.74. The van der Waals surface area contributed by atoms with Gasteiger partial charge in [0.25, 0.3) is 0 Å². The summed E-state index contributed by atoms with van der Waals surface area (Å²) in [6.07, 6.45) is -0.709. The van der Waals surface area contributed by atoms with Gasteiger partial charge in [0.15, 0.2) is 0 Å². The SMILES string of the molecule is Nc1c2c(nc(CC(F)(F)F)c1C1CC1)CCC2. The van der Waals surface area contributed by atoms with Crippen molar-refractivity contribution < 1.29 is 13.2 Å². The Morgan fingerprint density at radius 2 is 1.94 bits per heavy atom. The molecular formula is C13H15F3N2. The zero-order valence-corrected chi connectivity index (χ0v) is 9.98. The maximum Gasteiger partial charge on any atom is 0.394 e. The van der Waals surface area contributed by atoms with E-state index in [0.29, 0.717) is 11.3 Å². The first-order valence-electron chi connectivity index (χ1n) is 6.32. The molecule has 0 atom stereocenters. The number of aryl methyl sites for hydroxylation is 1. The smallest absolute Gasteiger partial charge is 0.394 e. The van der Waals surface area contributed by atoms with Crippen LogP contribution in [0.25, 0.3) is 0 Å². The Morgan fingerprint density at radius 3 is 2.56 bits per heavy atom. The molecule has 5 heteroatoms. The third kappa shape index (κ3) is 2.06. The minimum absolute atomic E-state index is 0.170. The number of hydrogen-bond acceptors (Lipinski definition) is 2. The summed E-state index contributed by atoms with van der Waals surface area (Å²) in [7, 11) is 0. The second-order valence-electron chi connectivity index (χ2n) is 5.23. The average molecular weight is 256 g/mol. The summed E-state index contributed by atoms with van der Waals surface area (Å²) in [6, 6.07) is 0. The maximum absolute atomic E-state index is 12.6. The van der Waals surface area contributed by atoms with E-state index in [0.717, 1.165) is 43.4 Å². The lowest BCUT2D eigenvalue weighted by atomic mass is 9.99. The first-order valence-corrected chi connectivity index (χ1v) is 6.32. The van der Waals surface area contributed by atoms with Crippen LogP contribution in [0, 0.1) is 0 Å². The minimum Gasteiger partial charge on any atom is -0.398 e. The number of rotatable bonds is 2. The summed E-state index contributed by atoms with van der Waals surface area (Å²) >= 11 is 0. The zero-order chi connectivity index (χ0) is 12.9. The molecule has 1 aromatic rings. The highest BCUT2D eigenvalue weighted by molar-refractivity contribution is 5.61. The van der Waals surface area contributed by atoms with E-state index in [-0.39, 0.29) is 11.6 Å². The normalized spacial score (nSPS) is 19.1. The Bertz CT molecular complexity index is 490. The summed E-state index contributed by atoms with van der Waals surface area (Å²) in [6.45, 7) is 0. The van der Waals surface area contributed by atoms with Gasteiger partial charge < -0.3 is 5.73 Å². The zero-order valence-electron chi connectivity index (χ0n) is 9.98. The molecule has 0 radical (unpaired) electrons. The second kappa shape index (κ2) is 3.87. The molecule has 0 unspecified atom stereocenters. The molecule has 2 aliphatic rings. The van der Waals surface area contributed by atoms with Crippen molar-refractivity contribution in [2.45, 2.75) is 50.6 Å². The van der Waals surface area contributed by atoms with Gasteiger partial charge in [0.1, 0.15) is 0 Å². The number of aromatic nitrogens is 1. The van der Waals surface area contributed by atoms with E-state index >= 15 is 0 Å². The highest BCUT2D eigenvalue weighted by Gasteiger charge is 2.37. The van der Waals surface area contributed by atoms with E-state index in [9.17, 15) is 13.2 Å². The van der Waals surface area contributed by atoms with Gasteiger partial charge in [-0.1, -0.05) is 0 Å². The minimum atomic E-state index is -4.21. The Labute approximate surface area is 103 Å². The number of nitrogens with zero attached hydrogens (tertiary/aromatic N) is 1. The van der Waals surface area contributed by atoms with Crippen LogP contribution in [-0.2, 0) is 19.3 Å². The molecule has 0 bridgehead atoms. The van der Waals surface area contributed by atoms with E-state index in [1.54, 1.807) is 0 Å². The molecule has 2 nitrogen and oxygen atoms in total. The monoisotopic (exact) mass is 256 g/mol. The molecule has 3 rings (SSSR count). The lowest BCUT2D eigenvalue weighted by Gasteiger charge is -2.16. The Kier molecular flexibility index (Phi) is 2.54. The fourth-order valence-electron chi connectivity index (χ4n) is 2.83. The van der Waals surface area contributed by atoms with Gasteiger partial charge in [0.2, 0.25) is 0 Å². The summed E-state index contributed by atoms with van der Waals surface area (Å²) < 4.78 is 37.8. The van der Waals surface area contributed by atoms with Crippen molar-refractivity contribution in [1.82, 2.24) is 4.98 Å². The number of anilines is 1. The number of nitrogens with two attached hydrogens (primary N) is 1. The molecule has 0 aliphatic heterocycles. The van der Waals surface area contributed by atoms with Gasteiger partial charge in [-0.2, -0.15) is 13.2 Å². The van der Waals surface area contributed by atoms with Crippen LogP contribution in [0.3, 0.4) is 0 Å². The lowest BCUT2D eigenvalue weighted by molar-refractivity contribution is -0.127. The first-order chi connectivity index (χ1) is 8.46. The maximum atomic E-state index is 12.6. The highest BCUT2D eigenvalue weighted by atomic mass is 19.4. The van der Waals surface area contributed by atoms with Crippen molar-refractivity contribution in [1.29, 1.82) is 0 Å². The van der Waals surface area contributed by atoms with Gasteiger partial charge >= 0.3 is 6.18 Å². The van der Waals surface area contributed by atoms with Crippen molar-refractivity contribution in [3.8, 4) is 0 Å². The van der Waals surface area contributed by atoms with Gasteiger partial charge in [-0.15, -0.1) is 0 Å². The molecule has 18 heavy (non-hydrogen) atoms. The van der Waals surface area contributed by atoms with Crippen molar-refractivity contribution in [3.05, 3.63) is 22.5 Å². The van der Waals surface area contributed by atoms with Crippen molar-refractivity contribution in [2.75, 3.05) is 5.73 Å². The van der Waals surface area contributed by atoms with Gasteiger partial charge in [0, 0.05) is 16.9 Å². The Balaban J connectivity index is 2.08. The summed E-state index contributed by atoms with van der Waals surface area (Å²) in [5.41, 5.74) is 9.33. The largest absolute Gasteiger partial charge is 0.398 e. The molecule has 1 fully saturated rings. The van der Waals surface area contributed by atoms with Gasteiger partial charge in [-0.3, -0.25) is 4.98 Å². The van der Waals surface area contributed by atoms with Crippen LogP contribution in [0.2, 0.25) is 0 Å². The number of pyridine rings is 1. The predicted octanol–water partition coefficient (Wildman–Crippen LogP) is 3.13. The van der Waals surface area contributed by atoms with Crippen LogP contribution in [0.5, 0.6) is 0 Å². The first kappa shape index (κ1) is 11.8. The van der Waals surface area contributed by atoms with Crippen molar-refractivity contribution >= 4 is 5.69 Å². The summed E-state index contributed by atoms with van der Waals surface area (Å²) in [4.78, 5) is 4.26.